The molecule has 7 heteroatoms. The molecule has 7 nitrogen and oxygen atoms in total. The highest BCUT2D eigenvalue weighted by Gasteiger charge is 2.41. The summed E-state index contributed by atoms with van der Waals surface area (Å²) in [6, 6.07) is 0. The number of esters is 1. The van der Waals surface area contributed by atoms with Crippen molar-refractivity contribution in [3.63, 3.8) is 0 Å². The molecule has 2 aliphatic heterocycles. The van der Waals surface area contributed by atoms with Gasteiger partial charge in [-0.2, -0.15) is 0 Å². The van der Waals surface area contributed by atoms with Gasteiger partial charge in [0.15, 0.2) is 0 Å². The van der Waals surface area contributed by atoms with Crippen LogP contribution in [0.1, 0.15) is 6.92 Å². The highest BCUT2D eigenvalue weighted by molar-refractivity contribution is 5.78. The number of nitrogens with zero attached hydrogens (tertiary/aromatic N) is 1. The zero-order valence-corrected chi connectivity index (χ0v) is 11.1. The van der Waals surface area contributed by atoms with Gasteiger partial charge >= 0.3 is 12.1 Å². The van der Waals surface area contributed by atoms with Crippen molar-refractivity contribution in [2.45, 2.75) is 6.92 Å². The van der Waals surface area contributed by atoms with Crippen LogP contribution in [0.3, 0.4) is 0 Å². The summed E-state index contributed by atoms with van der Waals surface area (Å²) in [5.74, 6) is -0.395. The number of cyclic esters (lactones) is 2. The Balaban J connectivity index is 1.70. The molecule has 0 spiro atoms. The fraction of sp³-hybridized carbons (Fsp3) is 0.833. The van der Waals surface area contributed by atoms with Crippen LogP contribution in [0.4, 0.5) is 4.79 Å². The molecule has 0 aromatic rings. The summed E-state index contributed by atoms with van der Waals surface area (Å²) in [4.78, 5) is 24.9. The molecule has 108 valence electrons. The SMILES string of the molecule is CC1(C(=O)OCCN2CCOCC2)COC(=O)OC1. The van der Waals surface area contributed by atoms with E-state index < -0.39 is 17.5 Å². The predicted octanol–water partition coefficient (Wildman–Crippen LogP) is 0.0349. The molecular formula is C12H19NO6. The lowest BCUT2D eigenvalue weighted by Gasteiger charge is -2.30. The van der Waals surface area contributed by atoms with Gasteiger partial charge in [0, 0.05) is 19.6 Å². The first-order chi connectivity index (χ1) is 9.10. The molecule has 0 N–H and O–H groups in total. The van der Waals surface area contributed by atoms with Crippen molar-refractivity contribution < 1.29 is 28.5 Å². The molecule has 0 aliphatic carbocycles. The second kappa shape index (κ2) is 6.21. The highest BCUT2D eigenvalue weighted by atomic mass is 16.7. The number of morpholine rings is 1. The third-order valence-corrected chi connectivity index (χ3v) is 3.25. The second-order valence-corrected chi connectivity index (χ2v) is 4.98. The van der Waals surface area contributed by atoms with Gasteiger partial charge in [-0.1, -0.05) is 0 Å². The number of ether oxygens (including phenoxy) is 4. The van der Waals surface area contributed by atoms with E-state index in [1.807, 2.05) is 0 Å². The highest BCUT2D eigenvalue weighted by Crippen LogP contribution is 2.23. The van der Waals surface area contributed by atoms with E-state index in [2.05, 4.69) is 4.90 Å². The molecular weight excluding hydrogens is 254 g/mol. The molecule has 0 amide bonds. The Morgan fingerprint density at radius 2 is 1.95 bits per heavy atom. The van der Waals surface area contributed by atoms with Gasteiger partial charge in [0.2, 0.25) is 0 Å². The Hall–Kier alpha value is -1.34. The molecule has 0 aromatic carbocycles. The van der Waals surface area contributed by atoms with Crippen molar-refractivity contribution >= 4 is 12.1 Å². The van der Waals surface area contributed by atoms with Gasteiger partial charge in [-0.25, -0.2) is 4.79 Å². The van der Waals surface area contributed by atoms with Crippen LogP contribution >= 0.6 is 0 Å². The van der Waals surface area contributed by atoms with Crippen LogP contribution in [0, 0.1) is 5.41 Å². The molecule has 2 aliphatic rings. The predicted molar refractivity (Wildman–Crippen MR) is 63.6 cm³/mol. The van der Waals surface area contributed by atoms with Gasteiger partial charge in [0.25, 0.3) is 0 Å². The first kappa shape index (κ1) is 14.1. The summed E-state index contributed by atoms with van der Waals surface area (Å²) in [6.45, 7) is 5.82. The number of carbonyl (C=O) groups excluding carboxylic acids is 2. The number of carbonyl (C=O) groups is 2. The van der Waals surface area contributed by atoms with E-state index in [1.54, 1.807) is 6.92 Å². The van der Waals surface area contributed by atoms with E-state index in [4.69, 9.17) is 18.9 Å². The van der Waals surface area contributed by atoms with Crippen molar-refractivity contribution in [1.82, 2.24) is 4.90 Å². The molecule has 2 rings (SSSR count). The lowest BCUT2D eigenvalue weighted by Crippen LogP contribution is -2.45. The van der Waals surface area contributed by atoms with Gasteiger partial charge in [-0.05, 0) is 6.92 Å². The van der Waals surface area contributed by atoms with Crippen molar-refractivity contribution in [2.24, 2.45) is 5.41 Å². The maximum absolute atomic E-state index is 11.9. The van der Waals surface area contributed by atoms with Crippen LogP contribution in [0.2, 0.25) is 0 Å². The molecule has 0 aromatic heterocycles. The maximum Gasteiger partial charge on any atom is 0.508 e. The average molecular weight is 273 g/mol. The van der Waals surface area contributed by atoms with Crippen molar-refractivity contribution in [3.05, 3.63) is 0 Å². The van der Waals surface area contributed by atoms with E-state index in [0.717, 1.165) is 26.3 Å². The number of hydrogen-bond donors (Lipinski definition) is 0. The van der Waals surface area contributed by atoms with Crippen LogP contribution in [-0.4, -0.2) is 69.7 Å². The molecule has 0 atom stereocenters. The first-order valence-electron chi connectivity index (χ1n) is 6.37. The van der Waals surface area contributed by atoms with Crippen LogP contribution < -0.4 is 0 Å². The molecule has 0 saturated carbocycles. The van der Waals surface area contributed by atoms with Gasteiger partial charge in [-0.15, -0.1) is 0 Å². The normalized spacial score (nSPS) is 23.3. The molecule has 0 unspecified atom stereocenters. The molecule has 2 fully saturated rings. The Labute approximate surface area is 111 Å². The summed E-state index contributed by atoms with van der Waals surface area (Å²) in [7, 11) is 0. The van der Waals surface area contributed by atoms with Crippen LogP contribution in [0.5, 0.6) is 0 Å². The minimum atomic E-state index is -0.904. The smallest absolute Gasteiger partial charge is 0.464 e. The summed E-state index contributed by atoms with van der Waals surface area (Å²) >= 11 is 0. The number of rotatable bonds is 4. The zero-order chi connectivity index (χ0) is 13.7. The molecule has 2 saturated heterocycles. The fourth-order valence-corrected chi connectivity index (χ4v) is 1.90. The fourth-order valence-electron chi connectivity index (χ4n) is 1.90. The Kier molecular flexibility index (Phi) is 4.60. The molecule has 0 radical (unpaired) electrons. The van der Waals surface area contributed by atoms with Crippen LogP contribution in [0.25, 0.3) is 0 Å². The quantitative estimate of drug-likeness (QED) is 0.669. The van der Waals surface area contributed by atoms with Gasteiger partial charge in [0.05, 0.1) is 13.2 Å². The van der Waals surface area contributed by atoms with E-state index in [9.17, 15) is 9.59 Å². The Bertz CT molecular complexity index is 329. The lowest BCUT2D eigenvalue weighted by molar-refractivity contribution is -0.166. The zero-order valence-electron chi connectivity index (χ0n) is 11.1. The third-order valence-electron chi connectivity index (χ3n) is 3.25. The van der Waals surface area contributed by atoms with Crippen molar-refractivity contribution in [1.29, 1.82) is 0 Å². The number of hydrogen-bond acceptors (Lipinski definition) is 7. The van der Waals surface area contributed by atoms with Crippen molar-refractivity contribution in [3.8, 4) is 0 Å². The van der Waals surface area contributed by atoms with Crippen LogP contribution in [0.15, 0.2) is 0 Å². The average Bonchev–Trinajstić information content (AvgIpc) is 2.43. The van der Waals surface area contributed by atoms with E-state index in [-0.39, 0.29) is 13.2 Å². The standard InChI is InChI=1S/C12H19NO6/c1-12(8-18-11(15)19-9-12)10(14)17-7-4-13-2-5-16-6-3-13/h2-9H2,1H3. The minimum Gasteiger partial charge on any atom is -0.464 e. The largest absolute Gasteiger partial charge is 0.508 e. The summed E-state index contributed by atoms with van der Waals surface area (Å²) < 4.78 is 19.9. The van der Waals surface area contributed by atoms with E-state index >= 15 is 0 Å². The van der Waals surface area contributed by atoms with Gasteiger partial charge in [0.1, 0.15) is 25.2 Å². The first-order valence-corrected chi connectivity index (χ1v) is 6.37. The lowest BCUT2D eigenvalue weighted by atomic mass is 9.93. The van der Waals surface area contributed by atoms with Gasteiger partial charge < -0.3 is 18.9 Å². The van der Waals surface area contributed by atoms with Gasteiger partial charge in [-0.3, -0.25) is 9.69 Å². The molecule has 0 bridgehead atoms. The van der Waals surface area contributed by atoms with E-state index in [0.29, 0.717) is 13.2 Å². The maximum atomic E-state index is 11.9. The summed E-state index contributed by atoms with van der Waals surface area (Å²) in [6.07, 6.45) is -0.737. The van der Waals surface area contributed by atoms with Crippen molar-refractivity contribution in [2.75, 3.05) is 52.7 Å². The Morgan fingerprint density at radius 1 is 1.32 bits per heavy atom. The topological polar surface area (TPSA) is 74.3 Å². The summed E-state index contributed by atoms with van der Waals surface area (Å²) in [5, 5.41) is 0. The molecule has 2 heterocycles. The monoisotopic (exact) mass is 273 g/mol. The Morgan fingerprint density at radius 3 is 2.58 bits per heavy atom. The van der Waals surface area contributed by atoms with E-state index in [1.165, 1.54) is 0 Å². The summed E-state index contributed by atoms with van der Waals surface area (Å²) in [5.41, 5.74) is -0.904. The third kappa shape index (κ3) is 3.81. The van der Waals surface area contributed by atoms with Crippen LogP contribution in [-0.2, 0) is 23.7 Å². The second-order valence-electron chi connectivity index (χ2n) is 4.98. The minimum absolute atomic E-state index is 0.00220. The molecule has 19 heavy (non-hydrogen) atoms.